The minimum absolute atomic E-state index is 0.0300. The molecule has 0 radical (unpaired) electrons. The van der Waals surface area contributed by atoms with Gasteiger partial charge in [-0.25, -0.2) is 13.1 Å². The lowest BCUT2D eigenvalue weighted by Gasteiger charge is -2.43. The van der Waals surface area contributed by atoms with Gasteiger partial charge in [-0.1, -0.05) is 13.8 Å². The number of hydrogen-bond acceptors (Lipinski definition) is 3. The van der Waals surface area contributed by atoms with Crippen LogP contribution in [0.5, 0.6) is 0 Å². The van der Waals surface area contributed by atoms with Crippen molar-refractivity contribution in [2.75, 3.05) is 12.3 Å². The molecule has 3 rings (SSSR count). The number of Topliss-reactive ketones (excluding diaryl/α,β-unsaturated/α-hetero) is 1. The average molecular weight is 400 g/mol. The van der Waals surface area contributed by atoms with Gasteiger partial charge < -0.3 is 5.32 Å². The van der Waals surface area contributed by atoms with E-state index in [4.69, 9.17) is 0 Å². The van der Waals surface area contributed by atoms with Crippen molar-refractivity contribution < 1.29 is 18.5 Å². The van der Waals surface area contributed by atoms with Crippen molar-refractivity contribution in [3.63, 3.8) is 0 Å². The molecule has 1 aliphatic heterocycles. The quantitative estimate of drug-likeness (QED) is 0.719. The van der Waals surface area contributed by atoms with Gasteiger partial charge in [0.25, 0.3) is 0 Å². The first-order valence-corrected chi connectivity index (χ1v) is 12.2. The Balaban J connectivity index is 1.59. The molecule has 1 saturated heterocycles. The summed E-state index contributed by atoms with van der Waals surface area (Å²) >= 11 is 0. The first-order valence-electron chi connectivity index (χ1n) is 10.6. The molecule has 0 aromatic rings. The molecule has 0 aromatic carbocycles. The number of hydrogen-bond donors (Lipinski definition) is 2. The van der Waals surface area contributed by atoms with Crippen molar-refractivity contribution in [2.45, 2.75) is 91.1 Å². The largest absolute Gasteiger partial charge is 0.337 e. The smallest absolute Gasteiger partial charge is 0.212 e. The first kappa shape index (κ1) is 21.3. The van der Waals surface area contributed by atoms with Gasteiger partial charge in [0.05, 0.1) is 16.8 Å². The number of piperidine rings is 1. The van der Waals surface area contributed by atoms with Crippen LogP contribution in [-0.2, 0) is 14.8 Å². The summed E-state index contributed by atoms with van der Waals surface area (Å²) in [6, 6.07) is 0. The van der Waals surface area contributed by atoms with E-state index >= 15 is 0 Å². The molecular formula is C21H39N2O3S+. The Morgan fingerprint density at radius 1 is 1.07 bits per heavy atom. The third-order valence-electron chi connectivity index (χ3n) is 7.86. The van der Waals surface area contributed by atoms with E-state index in [1.165, 1.54) is 0 Å². The molecule has 0 amide bonds. The second kappa shape index (κ2) is 6.53. The molecule has 156 valence electrons. The van der Waals surface area contributed by atoms with Gasteiger partial charge in [0.1, 0.15) is 5.78 Å². The summed E-state index contributed by atoms with van der Waals surface area (Å²) in [4.78, 5) is 12.6. The molecule has 27 heavy (non-hydrogen) atoms. The van der Waals surface area contributed by atoms with E-state index in [0.29, 0.717) is 24.8 Å². The summed E-state index contributed by atoms with van der Waals surface area (Å²) in [5, 5.41) is 2.45. The molecule has 0 spiro atoms. The minimum Gasteiger partial charge on any atom is -0.337 e. The molecule has 3 aliphatic rings. The zero-order valence-corrected chi connectivity index (χ0v) is 18.8. The van der Waals surface area contributed by atoms with E-state index in [0.717, 1.165) is 32.1 Å². The van der Waals surface area contributed by atoms with Gasteiger partial charge in [0, 0.05) is 31.2 Å². The van der Waals surface area contributed by atoms with Gasteiger partial charge in [0.2, 0.25) is 10.0 Å². The Labute approximate surface area is 165 Å². The van der Waals surface area contributed by atoms with Gasteiger partial charge in [0.15, 0.2) is 0 Å². The number of ketones is 1. The number of quaternary nitrogens is 1. The highest BCUT2D eigenvalue weighted by molar-refractivity contribution is 7.89. The molecular weight excluding hydrogens is 360 g/mol. The van der Waals surface area contributed by atoms with Crippen LogP contribution in [0.25, 0.3) is 0 Å². The SMILES string of the molecule is CC1(C)CC(CCNS(=O)(=O)C[C@@]23CC[C@@H](CC2=O)C3(C)C)CC(C)(C)[NH2+]1. The lowest BCUT2D eigenvalue weighted by Crippen LogP contribution is -3.05. The molecule has 3 fully saturated rings. The molecule has 0 unspecified atom stereocenters. The zero-order chi connectivity index (χ0) is 20.3. The summed E-state index contributed by atoms with van der Waals surface area (Å²) in [6.45, 7) is 13.8. The molecule has 3 N–H and O–H groups in total. The number of fused-ring (bicyclic) bond motifs is 2. The van der Waals surface area contributed by atoms with Crippen molar-refractivity contribution >= 4 is 15.8 Å². The van der Waals surface area contributed by atoms with Crippen LogP contribution in [0.3, 0.4) is 0 Å². The van der Waals surface area contributed by atoms with Crippen LogP contribution in [0.1, 0.15) is 80.1 Å². The molecule has 2 bridgehead atoms. The fourth-order valence-electron chi connectivity index (χ4n) is 6.84. The highest BCUT2D eigenvalue weighted by Crippen LogP contribution is 2.64. The summed E-state index contributed by atoms with van der Waals surface area (Å²) < 4.78 is 28.5. The topological polar surface area (TPSA) is 79.8 Å². The van der Waals surface area contributed by atoms with Crippen LogP contribution in [0, 0.1) is 22.7 Å². The van der Waals surface area contributed by atoms with Gasteiger partial charge in [-0.3, -0.25) is 4.79 Å². The second-order valence-corrected chi connectivity index (χ2v) is 13.3. The number of carbonyl (C=O) groups is 1. The Kier molecular flexibility index (Phi) is 5.14. The monoisotopic (exact) mass is 399 g/mol. The van der Waals surface area contributed by atoms with Crippen molar-refractivity contribution in [3.8, 4) is 0 Å². The highest BCUT2D eigenvalue weighted by atomic mass is 32.2. The molecule has 5 nitrogen and oxygen atoms in total. The maximum Gasteiger partial charge on any atom is 0.212 e. The van der Waals surface area contributed by atoms with Gasteiger partial charge in [-0.05, 0) is 64.2 Å². The molecule has 6 heteroatoms. The average Bonchev–Trinajstić information content (AvgIpc) is 2.77. The number of sulfonamides is 1. The number of carbonyl (C=O) groups excluding carboxylic acids is 1. The van der Waals surface area contributed by atoms with E-state index in [9.17, 15) is 13.2 Å². The maximum atomic E-state index is 12.8. The van der Waals surface area contributed by atoms with Crippen LogP contribution in [0.15, 0.2) is 0 Å². The fraction of sp³-hybridized carbons (Fsp3) is 0.952. The highest BCUT2D eigenvalue weighted by Gasteiger charge is 2.65. The van der Waals surface area contributed by atoms with E-state index in [-0.39, 0.29) is 28.0 Å². The standard InChI is InChI=1S/C21H38N2O3S/c1-18(2)12-15(13-19(3,4)23-18)8-10-22-27(25,26)14-21-9-7-16(11-17(21)24)20(21,5)6/h15-16,22-23H,7-14H2,1-6H3/p+1/t16-,21-/m0/s1. The Morgan fingerprint density at radius 3 is 2.15 bits per heavy atom. The molecule has 2 atom stereocenters. The van der Waals surface area contributed by atoms with Gasteiger partial charge in [-0.2, -0.15) is 0 Å². The molecule has 1 heterocycles. The summed E-state index contributed by atoms with van der Waals surface area (Å²) in [6.07, 6.45) is 5.35. The Bertz CT molecular complexity index is 695. The van der Waals surface area contributed by atoms with Crippen molar-refractivity contribution in [1.82, 2.24) is 4.72 Å². The van der Waals surface area contributed by atoms with Crippen LogP contribution in [-0.4, -0.2) is 37.6 Å². The van der Waals surface area contributed by atoms with E-state index < -0.39 is 15.4 Å². The lowest BCUT2D eigenvalue weighted by molar-refractivity contribution is -0.789. The maximum absolute atomic E-state index is 12.8. The molecule has 0 aromatic heterocycles. The van der Waals surface area contributed by atoms with Crippen molar-refractivity contribution in [1.29, 1.82) is 0 Å². The van der Waals surface area contributed by atoms with Gasteiger partial charge in [-0.15, -0.1) is 0 Å². The second-order valence-electron chi connectivity index (χ2n) is 11.5. The van der Waals surface area contributed by atoms with E-state index in [1.54, 1.807) is 0 Å². The summed E-state index contributed by atoms with van der Waals surface area (Å²) in [5.41, 5.74) is -0.480. The third kappa shape index (κ3) is 3.99. The predicted octanol–water partition coefficient (Wildman–Crippen LogP) is 2.22. The number of rotatable bonds is 6. The first-order chi connectivity index (χ1) is 12.2. The van der Waals surface area contributed by atoms with Crippen LogP contribution < -0.4 is 10.0 Å². The van der Waals surface area contributed by atoms with Crippen LogP contribution >= 0.6 is 0 Å². The lowest BCUT2D eigenvalue weighted by atomic mass is 9.70. The summed E-state index contributed by atoms with van der Waals surface area (Å²) in [7, 11) is -3.45. The van der Waals surface area contributed by atoms with Crippen molar-refractivity contribution in [2.24, 2.45) is 22.7 Å². The Hall–Kier alpha value is -0.460. The molecule has 2 aliphatic carbocycles. The van der Waals surface area contributed by atoms with Crippen molar-refractivity contribution in [3.05, 3.63) is 0 Å². The zero-order valence-electron chi connectivity index (χ0n) is 18.0. The molecule has 2 saturated carbocycles. The normalized spacial score (nSPS) is 34.9. The third-order valence-corrected chi connectivity index (χ3v) is 9.38. The number of nitrogens with two attached hydrogens (primary N) is 1. The predicted molar refractivity (Wildman–Crippen MR) is 108 cm³/mol. The Morgan fingerprint density at radius 2 is 1.67 bits per heavy atom. The van der Waals surface area contributed by atoms with Gasteiger partial charge >= 0.3 is 0 Å². The van der Waals surface area contributed by atoms with Crippen LogP contribution in [0.4, 0.5) is 0 Å². The van der Waals surface area contributed by atoms with Crippen LogP contribution in [0.2, 0.25) is 0 Å². The van der Waals surface area contributed by atoms with E-state index in [2.05, 4.69) is 51.6 Å². The van der Waals surface area contributed by atoms with E-state index in [1.807, 2.05) is 0 Å². The number of nitrogens with one attached hydrogen (secondary N) is 1. The summed E-state index contributed by atoms with van der Waals surface area (Å²) in [5.74, 6) is 1.02. The fourth-order valence-corrected chi connectivity index (χ4v) is 8.70. The minimum atomic E-state index is -3.45.